The van der Waals surface area contributed by atoms with Crippen molar-refractivity contribution in [3.8, 4) is 5.69 Å². The Kier molecular flexibility index (Phi) is 5.37. The van der Waals surface area contributed by atoms with E-state index in [1.165, 1.54) is 0 Å². The van der Waals surface area contributed by atoms with E-state index in [0.29, 0.717) is 31.1 Å². The first-order valence-electron chi connectivity index (χ1n) is 9.68. The number of piperazine rings is 2. The summed E-state index contributed by atoms with van der Waals surface area (Å²) in [7, 11) is 0. The molecule has 3 heterocycles. The van der Waals surface area contributed by atoms with Gasteiger partial charge in [0.05, 0.1) is 11.9 Å². The van der Waals surface area contributed by atoms with Gasteiger partial charge in [0, 0.05) is 43.0 Å². The van der Waals surface area contributed by atoms with Crippen LogP contribution in [0.25, 0.3) is 5.69 Å². The van der Waals surface area contributed by atoms with Gasteiger partial charge in [-0.3, -0.25) is 14.5 Å². The van der Waals surface area contributed by atoms with Crippen molar-refractivity contribution in [1.82, 2.24) is 24.9 Å². The van der Waals surface area contributed by atoms with E-state index in [1.54, 1.807) is 9.58 Å². The number of benzene rings is 1. The van der Waals surface area contributed by atoms with Gasteiger partial charge in [0.2, 0.25) is 11.8 Å². The molecule has 2 aliphatic heterocycles. The molecule has 1 aromatic heterocycles. The third kappa shape index (κ3) is 3.77. The van der Waals surface area contributed by atoms with Gasteiger partial charge in [-0.15, -0.1) is 0 Å². The zero-order chi connectivity index (χ0) is 19.7. The van der Waals surface area contributed by atoms with Crippen LogP contribution in [0.4, 0.5) is 0 Å². The number of amides is 2. The fourth-order valence-electron chi connectivity index (χ4n) is 3.95. The van der Waals surface area contributed by atoms with Gasteiger partial charge in [-0.05, 0) is 24.6 Å². The minimum absolute atomic E-state index is 0.0441. The highest BCUT2D eigenvalue weighted by Gasteiger charge is 2.42. The molecule has 0 radical (unpaired) electrons. The second kappa shape index (κ2) is 7.93. The molecule has 0 saturated carbocycles. The first-order valence-corrected chi connectivity index (χ1v) is 10.1. The van der Waals surface area contributed by atoms with E-state index in [1.807, 2.05) is 43.6 Å². The molecule has 2 aliphatic rings. The van der Waals surface area contributed by atoms with E-state index in [-0.39, 0.29) is 17.9 Å². The zero-order valence-corrected chi connectivity index (χ0v) is 16.6. The lowest BCUT2D eigenvalue weighted by Crippen LogP contribution is -2.69. The van der Waals surface area contributed by atoms with Crippen LogP contribution in [0, 0.1) is 0 Å². The van der Waals surface area contributed by atoms with Gasteiger partial charge >= 0.3 is 0 Å². The number of carbonyl (C=O) groups excluding carboxylic acids is 2. The topological polar surface area (TPSA) is 70.5 Å². The summed E-state index contributed by atoms with van der Waals surface area (Å²) >= 11 is 6.06. The average Bonchev–Trinajstić information content (AvgIpc) is 3.15. The summed E-state index contributed by atoms with van der Waals surface area (Å²) in [6, 6.07) is 6.77. The number of hydrogen-bond acceptors (Lipinski definition) is 4. The number of hydrogen-bond donors (Lipinski definition) is 1. The Bertz CT molecular complexity index is 883. The lowest BCUT2D eigenvalue weighted by atomic mass is 10.0. The van der Waals surface area contributed by atoms with Gasteiger partial charge < -0.3 is 10.2 Å². The smallest absolute Gasteiger partial charge is 0.245 e. The van der Waals surface area contributed by atoms with Crippen LogP contribution in [0.5, 0.6) is 0 Å². The molecule has 2 amide bonds. The van der Waals surface area contributed by atoms with Gasteiger partial charge in [0.25, 0.3) is 0 Å². The normalized spacial score (nSPS) is 22.9. The summed E-state index contributed by atoms with van der Waals surface area (Å²) in [5, 5.41) is 7.98. The van der Waals surface area contributed by atoms with Crippen LogP contribution in [0.15, 0.2) is 36.7 Å². The third-order valence-corrected chi connectivity index (χ3v) is 5.59. The monoisotopic (exact) mass is 401 g/mol. The zero-order valence-electron chi connectivity index (χ0n) is 15.8. The minimum atomic E-state index is -0.405. The van der Waals surface area contributed by atoms with Crippen LogP contribution in [0.2, 0.25) is 5.02 Å². The van der Waals surface area contributed by atoms with Crippen LogP contribution in [-0.2, 0) is 16.1 Å². The minimum Gasteiger partial charge on any atom is -0.342 e. The molecule has 0 unspecified atom stereocenters. The highest BCUT2D eigenvalue weighted by atomic mass is 35.5. The van der Waals surface area contributed by atoms with Crippen molar-refractivity contribution >= 4 is 23.4 Å². The van der Waals surface area contributed by atoms with E-state index in [4.69, 9.17) is 11.6 Å². The maximum absolute atomic E-state index is 12.6. The molecular formula is C20H24ClN5O2. The van der Waals surface area contributed by atoms with E-state index in [9.17, 15) is 9.59 Å². The van der Waals surface area contributed by atoms with E-state index in [0.717, 1.165) is 24.2 Å². The van der Waals surface area contributed by atoms with Gasteiger partial charge in [-0.25, -0.2) is 4.68 Å². The lowest BCUT2D eigenvalue weighted by molar-refractivity contribution is -0.153. The summed E-state index contributed by atoms with van der Waals surface area (Å²) in [5.41, 5.74) is 1.96. The molecule has 0 aliphatic carbocycles. The molecule has 2 atom stereocenters. The number of fused-ring (bicyclic) bond motifs is 1. The molecule has 1 N–H and O–H groups in total. The molecule has 7 nitrogen and oxygen atoms in total. The Morgan fingerprint density at radius 3 is 2.93 bits per heavy atom. The molecule has 0 bridgehead atoms. The second-order valence-corrected chi connectivity index (χ2v) is 7.84. The van der Waals surface area contributed by atoms with Crippen molar-refractivity contribution < 1.29 is 9.59 Å². The van der Waals surface area contributed by atoms with Crippen molar-refractivity contribution in [2.75, 3.05) is 19.6 Å². The van der Waals surface area contributed by atoms with Gasteiger partial charge in [-0.2, -0.15) is 5.10 Å². The van der Waals surface area contributed by atoms with Crippen LogP contribution < -0.4 is 5.32 Å². The van der Waals surface area contributed by atoms with Crippen LogP contribution in [0.1, 0.15) is 25.3 Å². The predicted molar refractivity (Wildman–Crippen MR) is 106 cm³/mol. The highest BCUT2D eigenvalue weighted by molar-refractivity contribution is 6.30. The molecular weight excluding hydrogens is 378 g/mol. The third-order valence-electron chi connectivity index (χ3n) is 5.36. The Hall–Kier alpha value is -2.38. The first-order chi connectivity index (χ1) is 13.5. The second-order valence-electron chi connectivity index (χ2n) is 7.41. The predicted octanol–water partition coefficient (Wildman–Crippen LogP) is 1.84. The fourth-order valence-corrected chi connectivity index (χ4v) is 4.13. The van der Waals surface area contributed by atoms with Crippen molar-refractivity contribution in [3.05, 3.63) is 47.2 Å². The average molecular weight is 402 g/mol. The van der Waals surface area contributed by atoms with E-state index >= 15 is 0 Å². The molecule has 0 spiro atoms. The molecule has 2 saturated heterocycles. The lowest BCUT2D eigenvalue weighted by Gasteiger charge is -2.45. The van der Waals surface area contributed by atoms with Gasteiger partial charge in [0.15, 0.2) is 0 Å². The molecule has 28 heavy (non-hydrogen) atoms. The van der Waals surface area contributed by atoms with Crippen LogP contribution in [0.3, 0.4) is 0 Å². The number of nitrogens with zero attached hydrogens (tertiary/aromatic N) is 4. The van der Waals surface area contributed by atoms with Crippen molar-refractivity contribution in [3.63, 3.8) is 0 Å². The quantitative estimate of drug-likeness (QED) is 0.829. The van der Waals surface area contributed by atoms with Crippen molar-refractivity contribution in [2.24, 2.45) is 0 Å². The molecule has 2 fully saturated rings. The highest BCUT2D eigenvalue weighted by Crippen LogP contribution is 2.20. The Labute approximate surface area is 169 Å². The Morgan fingerprint density at radius 1 is 1.29 bits per heavy atom. The Balaban J connectivity index is 1.42. The van der Waals surface area contributed by atoms with Crippen molar-refractivity contribution in [2.45, 2.75) is 38.4 Å². The molecule has 8 heteroatoms. The molecule has 4 rings (SSSR count). The van der Waals surface area contributed by atoms with Crippen LogP contribution >= 0.6 is 11.6 Å². The van der Waals surface area contributed by atoms with Crippen LogP contribution in [-0.4, -0.2) is 63.1 Å². The standard InChI is InChI=1S/C20H24ClN5O2/c1-2-4-17-20(28)25-8-7-24(13-18(25)19(27)23-17)11-14-10-22-26(12-14)16-6-3-5-15(21)9-16/h3,5-6,9-10,12,17-18H,2,4,7-8,11,13H2,1H3,(H,23,27)/t17-,18+/m0/s1. The number of rotatable bonds is 5. The summed E-state index contributed by atoms with van der Waals surface area (Å²) in [5.74, 6) is 0.0113. The summed E-state index contributed by atoms with van der Waals surface area (Å²) < 4.78 is 1.80. The molecule has 148 valence electrons. The summed E-state index contributed by atoms with van der Waals surface area (Å²) in [4.78, 5) is 29.1. The summed E-state index contributed by atoms with van der Waals surface area (Å²) in [6.45, 7) is 4.58. The number of aromatic nitrogens is 2. The first kappa shape index (κ1) is 19.0. The number of halogens is 1. The molecule has 2 aromatic rings. The van der Waals surface area contributed by atoms with Gasteiger partial charge in [0.1, 0.15) is 12.1 Å². The number of carbonyl (C=O) groups is 2. The van der Waals surface area contributed by atoms with E-state index < -0.39 is 6.04 Å². The largest absolute Gasteiger partial charge is 0.342 e. The van der Waals surface area contributed by atoms with E-state index in [2.05, 4.69) is 15.3 Å². The maximum atomic E-state index is 12.6. The van der Waals surface area contributed by atoms with Gasteiger partial charge in [-0.1, -0.05) is 31.0 Å². The molecule has 1 aromatic carbocycles. The number of nitrogens with one attached hydrogen (secondary N) is 1. The SMILES string of the molecule is CCC[C@@H]1NC(=O)[C@H]2CN(Cc3cnn(-c4cccc(Cl)c4)c3)CCN2C1=O. The fraction of sp³-hybridized carbons (Fsp3) is 0.450. The maximum Gasteiger partial charge on any atom is 0.245 e. The van der Waals surface area contributed by atoms with Crippen molar-refractivity contribution in [1.29, 1.82) is 0 Å². The summed E-state index contributed by atoms with van der Waals surface area (Å²) in [6.07, 6.45) is 5.37. The Morgan fingerprint density at radius 2 is 2.14 bits per heavy atom.